The number of aromatic nitrogens is 3. The van der Waals surface area contributed by atoms with Crippen molar-refractivity contribution in [3.8, 4) is 0 Å². The van der Waals surface area contributed by atoms with Crippen LogP contribution in [-0.2, 0) is 16.6 Å². The molecule has 15 heavy (non-hydrogen) atoms. The second-order valence-electron chi connectivity index (χ2n) is 2.93. The Morgan fingerprint density at radius 2 is 2.33 bits per heavy atom. The van der Waals surface area contributed by atoms with Crippen molar-refractivity contribution in [3.05, 3.63) is 0 Å². The summed E-state index contributed by atoms with van der Waals surface area (Å²) >= 11 is 1.52. The van der Waals surface area contributed by atoms with Crippen molar-refractivity contribution in [2.75, 3.05) is 18.6 Å². The van der Waals surface area contributed by atoms with Crippen LogP contribution in [0.3, 0.4) is 0 Å². The molecule has 0 spiro atoms. The first-order valence-corrected chi connectivity index (χ1v) is 5.48. The Morgan fingerprint density at radius 3 is 2.87 bits per heavy atom. The van der Waals surface area contributed by atoms with E-state index in [4.69, 9.17) is 5.73 Å². The fraction of sp³-hybridized carbons (Fsp3) is 0.625. The van der Waals surface area contributed by atoms with Crippen LogP contribution in [0.5, 0.6) is 0 Å². The molecule has 2 N–H and O–H groups in total. The van der Waals surface area contributed by atoms with E-state index in [1.807, 2.05) is 0 Å². The average Bonchev–Trinajstić information content (AvgIpc) is 2.55. The predicted octanol–water partition coefficient (Wildman–Crippen LogP) is 0.443. The number of ether oxygens (including phenoxy) is 1. The van der Waals surface area contributed by atoms with Crippen LogP contribution in [0.25, 0.3) is 0 Å². The fourth-order valence-electron chi connectivity index (χ4n) is 0.934. The maximum Gasteiger partial charge on any atom is 0.305 e. The largest absolute Gasteiger partial charge is 0.469 e. The lowest BCUT2D eigenvalue weighted by Crippen LogP contribution is -2.01. The van der Waals surface area contributed by atoms with E-state index in [1.54, 1.807) is 11.6 Å². The zero-order valence-electron chi connectivity index (χ0n) is 8.77. The molecule has 0 aliphatic rings. The number of hydrogen-bond acceptors (Lipinski definition) is 6. The van der Waals surface area contributed by atoms with Gasteiger partial charge in [-0.1, -0.05) is 11.8 Å². The van der Waals surface area contributed by atoms with Crippen LogP contribution in [0.4, 0.5) is 5.95 Å². The summed E-state index contributed by atoms with van der Waals surface area (Å²) in [6.07, 6.45) is 1.18. The Morgan fingerprint density at radius 1 is 1.60 bits per heavy atom. The molecule has 84 valence electrons. The Labute approximate surface area is 92.2 Å². The van der Waals surface area contributed by atoms with E-state index < -0.39 is 0 Å². The van der Waals surface area contributed by atoms with Crippen LogP contribution in [0, 0.1) is 0 Å². The summed E-state index contributed by atoms with van der Waals surface area (Å²) in [7, 11) is 3.19. The van der Waals surface area contributed by atoms with Gasteiger partial charge < -0.3 is 10.5 Å². The van der Waals surface area contributed by atoms with Crippen LogP contribution >= 0.6 is 11.8 Å². The van der Waals surface area contributed by atoms with Gasteiger partial charge in [0.15, 0.2) is 5.16 Å². The lowest BCUT2D eigenvalue weighted by Gasteiger charge is -2.00. The van der Waals surface area contributed by atoms with Gasteiger partial charge in [-0.2, -0.15) is 0 Å². The van der Waals surface area contributed by atoms with Gasteiger partial charge in [-0.05, 0) is 6.42 Å². The zero-order chi connectivity index (χ0) is 11.3. The van der Waals surface area contributed by atoms with E-state index in [0.29, 0.717) is 12.4 Å². The third kappa shape index (κ3) is 3.43. The van der Waals surface area contributed by atoms with Crippen LogP contribution in [-0.4, -0.2) is 33.6 Å². The molecule has 1 aromatic heterocycles. The molecule has 0 aliphatic carbocycles. The minimum absolute atomic E-state index is 0.187. The highest BCUT2D eigenvalue weighted by atomic mass is 32.2. The smallest absolute Gasteiger partial charge is 0.305 e. The van der Waals surface area contributed by atoms with E-state index in [2.05, 4.69) is 14.9 Å². The number of nitrogens with zero attached hydrogens (tertiary/aromatic N) is 3. The Balaban J connectivity index is 2.26. The number of rotatable bonds is 5. The van der Waals surface area contributed by atoms with E-state index in [1.165, 1.54) is 18.9 Å². The molecule has 0 amide bonds. The number of methoxy groups -OCH3 is 1. The van der Waals surface area contributed by atoms with Gasteiger partial charge in [0.1, 0.15) is 0 Å². The minimum Gasteiger partial charge on any atom is -0.469 e. The van der Waals surface area contributed by atoms with Crippen molar-refractivity contribution in [1.82, 2.24) is 14.8 Å². The molecule has 0 aromatic carbocycles. The summed E-state index contributed by atoms with van der Waals surface area (Å²) < 4.78 is 6.24. The average molecular weight is 230 g/mol. The standard InChI is InChI=1S/C8H14N4O2S/c1-12-7(9)10-11-8(12)15-5-3-4-6(13)14-2/h3-5H2,1-2H3,(H2,9,10). The molecule has 0 atom stereocenters. The molecule has 0 bridgehead atoms. The molecule has 0 radical (unpaired) electrons. The van der Waals surface area contributed by atoms with Gasteiger partial charge in [0.25, 0.3) is 0 Å². The van der Waals surface area contributed by atoms with Crippen LogP contribution in [0.1, 0.15) is 12.8 Å². The first-order valence-electron chi connectivity index (χ1n) is 4.49. The first-order chi connectivity index (χ1) is 7.15. The topological polar surface area (TPSA) is 83.0 Å². The number of esters is 1. The van der Waals surface area contributed by atoms with Gasteiger partial charge in [0, 0.05) is 19.2 Å². The molecular formula is C8H14N4O2S. The summed E-state index contributed by atoms with van der Waals surface area (Å²) in [6, 6.07) is 0. The molecule has 0 aliphatic heterocycles. The number of carbonyl (C=O) groups is 1. The van der Waals surface area contributed by atoms with E-state index in [-0.39, 0.29) is 5.97 Å². The van der Waals surface area contributed by atoms with Crippen molar-refractivity contribution >= 4 is 23.7 Å². The first kappa shape index (κ1) is 11.8. The highest BCUT2D eigenvalue weighted by Gasteiger charge is 2.06. The molecule has 1 aromatic rings. The maximum absolute atomic E-state index is 10.8. The van der Waals surface area contributed by atoms with Crippen molar-refractivity contribution in [1.29, 1.82) is 0 Å². The molecule has 0 fully saturated rings. The maximum atomic E-state index is 10.8. The number of hydrogen-bond donors (Lipinski definition) is 1. The summed E-state index contributed by atoms with van der Waals surface area (Å²) in [6.45, 7) is 0. The van der Waals surface area contributed by atoms with Crippen LogP contribution < -0.4 is 5.73 Å². The number of thioether (sulfide) groups is 1. The molecular weight excluding hydrogens is 216 g/mol. The predicted molar refractivity (Wildman–Crippen MR) is 57.4 cm³/mol. The van der Waals surface area contributed by atoms with E-state index >= 15 is 0 Å². The summed E-state index contributed by atoms with van der Waals surface area (Å²) in [4.78, 5) is 10.8. The number of carbonyl (C=O) groups excluding carboxylic acids is 1. The molecule has 0 saturated heterocycles. The molecule has 0 unspecified atom stereocenters. The van der Waals surface area contributed by atoms with Gasteiger partial charge in [0.2, 0.25) is 5.95 Å². The van der Waals surface area contributed by atoms with Crippen molar-refractivity contribution in [3.63, 3.8) is 0 Å². The van der Waals surface area contributed by atoms with Crippen LogP contribution in [0.2, 0.25) is 0 Å². The van der Waals surface area contributed by atoms with Crippen LogP contribution in [0.15, 0.2) is 5.16 Å². The molecule has 6 nitrogen and oxygen atoms in total. The number of anilines is 1. The van der Waals surface area contributed by atoms with Gasteiger partial charge in [-0.15, -0.1) is 10.2 Å². The van der Waals surface area contributed by atoms with Crippen molar-refractivity contribution in [2.45, 2.75) is 18.0 Å². The van der Waals surface area contributed by atoms with Gasteiger partial charge in [0.05, 0.1) is 7.11 Å². The van der Waals surface area contributed by atoms with Gasteiger partial charge in [-0.3, -0.25) is 9.36 Å². The number of nitrogens with two attached hydrogens (primary N) is 1. The van der Waals surface area contributed by atoms with Gasteiger partial charge in [-0.25, -0.2) is 0 Å². The Hall–Kier alpha value is -1.24. The third-order valence-electron chi connectivity index (χ3n) is 1.85. The fourth-order valence-corrected chi connectivity index (χ4v) is 1.79. The summed E-state index contributed by atoms with van der Waals surface area (Å²) in [5, 5.41) is 8.37. The van der Waals surface area contributed by atoms with Gasteiger partial charge >= 0.3 is 5.97 Å². The van der Waals surface area contributed by atoms with Crippen molar-refractivity contribution < 1.29 is 9.53 Å². The van der Waals surface area contributed by atoms with Crippen molar-refractivity contribution in [2.24, 2.45) is 7.05 Å². The Bertz CT molecular complexity index is 339. The molecule has 0 saturated carbocycles. The lowest BCUT2D eigenvalue weighted by molar-refractivity contribution is -0.140. The molecule has 1 heterocycles. The highest BCUT2D eigenvalue weighted by molar-refractivity contribution is 7.99. The summed E-state index contributed by atoms with van der Waals surface area (Å²) in [5.74, 6) is 1.000. The van der Waals surface area contributed by atoms with E-state index in [0.717, 1.165) is 17.3 Å². The van der Waals surface area contributed by atoms with E-state index in [9.17, 15) is 4.79 Å². The normalized spacial score (nSPS) is 10.3. The third-order valence-corrected chi connectivity index (χ3v) is 2.96. The SMILES string of the molecule is COC(=O)CCCSc1nnc(N)n1C. The molecule has 1 rings (SSSR count). The minimum atomic E-state index is -0.187. The second-order valence-corrected chi connectivity index (χ2v) is 3.99. The lowest BCUT2D eigenvalue weighted by atomic mass is 10.3. The quantitative estimate of drug-likeness (QED) is 0.449. The number of nitrogen functional groups attached to an aromatic ring is 1. The monoisotopic (exact) mass is 230 g/mol. The molecule has 7 heteroatoms. The highest BCUT2D eigenvalue weighted by Crippen LogP contribution is 2.17. The second kappa shape index (κ2) is 5.59. The Kier molecular flexibility index (Phi) is 4.41. The zero-order valence-corrected chi connectivity index (χ0v) is 9.58. The summed E-state index contributed by atoms with van der Waals surface area (Å²) in [5.41, 5.74) is 5.52.